The van der Waals surface area contributed by atoms with Crippen molar-refractivity contribution in [3.05, 3.63) is 82.9 Å². The van der Waals surface area contributed by atoms with Crippen LogP contribution in [0.4, 0.5) is 0 Å². The monoisotopic (exact) mass is 367 g/mol. The topological polar surface area (TPSA) is 55.4 Å². The molecule has 0 aliphatic rings. The minimum Gasteiger partial charge on any atom is -0.455 e. The van der Waals surface area contributed by atoms with Crippen LogP contribution in [-0.2, 0) is 27.3 Å². The van der Waals surface area contributed by atoms with Crippen LogP contribution in [0.3, 0.4) is 0 Å². The normalized spacial score (nSPS) is 10.5. The van der Waals surface area contributed by atoms with Crippen LogP contribution in [-0.4, -0.2) is 18.5 Å². The van der Waals surface area contributed by atoms with Crippen LogP contribution >= 0.6 is 11.6 Å². The van der Waals surface area contributed by atoms with Gasteiger partial charge in [-0.2, -0.15) is 0 Å². The van der Waals surface area contributed by atoms with E-state index in [0.717, 1.165) is 21.9 Å². The zero-order valence-corrected chi connectivity index (χ0v) is 14.8. The maximum atomic E-state index is 12.0. The SMILES string of the molecule is O=C(COC(=O)Cc1ccc2ccccc2c1)NCc1ccccc1Cl. The van der Waals surface area contributed by atoms with Gasteiger partial charge in [0.05, 0.1) is 6.42 Å². The first-order valence-corrected chi connectivity index (χ1v) is 8.63. The smallest absolute Gasteiger partial charge is 0.310 e. The van der Waals surface area contributed by atoms with E-state index in [-0.39, 0.29) is 18.9 Å². The molecule has 3 aromatic rings. The Kier molecular flexibility index (Phi) is 5.87. The number of carbonyl (C=O) groups is 2. The maximum absolute atomic E-state index is 12.0. The van der Waals surface area contributed by atoms with Gasteiger partial charge < -0.3 is 10.1 Å². The predicted molar refractivity (Wildman–Crippen MR) is 102 cm³/mol. The summed E-state index contributed by atoms with van der Waals surface area (Å²) in [5, 5.41) is 5.45. The summed E-state index contributed by atoms with van der Waals surface area (Å²) in [6.07, 6.45) is 0.128. The van der Waals surface area contributed by atoms with E-state index in [2.05, 4.69) is 5.32 Å². The second-order valence-electron chi connectivity index (χ2n) is 5.89. The van der Waals surface area contributed by atoms with E-state index in [1.54, 1.807) is 6.07 Å². The minimum absolute atomic E-state index is 0.128. The average molecular weight is 368 g/mol. The van der Waals surface area contributed by atoms with E-state index in [1.807, 2.05) is 60.7 Å². The second kappa shape index (κ2) is 8.50. The highest BCUT2D eigenvalue weighted by atomic mass is 35.5. The molecule has 26 heavy (non-hydrogen) atoms. The van der Waals surface area contributed by atoms with Gasteiger partial charge in [0, 0.05) is 11.6 Å². The Labute approximate surface area is 156 Å². The average Bonchev–Trinajstić information content (AvgIpc) is 2.65. The van der Waals surface area contributed by atoms with E-state index in [0.29, 0.717) is 11.6 Å². The van der Waals surface area contributed by atoms with E-state index < -0.39 is 5.97 Å². The number of halogens is 1. The van der Waals surface area contributed by atoms with Gasteiger partial charge in [-0.1, -0.05) is 72.3 Å². The van der Waals surface area contributed by atoms with Crippen LogP contribution in [0.2, 0.25) is 5.02 Å². The van der Waals surface area contributed by atoms with Crippen LogP contribution in [0.15, 0.2) is 66.7 Å². The first-order chi connectivity index (χ1) is 12.6. The molecule has 5 heteroatoms. The van der Waals surface area contributed by atoms with Crippen molar-refractivity contribution in [2.24, 2.45) is 0 Å². The molecule has 0 atom stereocenters. The molecule has 4 nitrogen and oxygen atoms in total. The quantitative estimate of drug-likeness (QED) is 0.672. The third-order valence-electron chi connectivity index (χ3n) is 3.96. The highest BCUT2D eigenvalue weighted by Gasteiger charge is 2.09. The molecule has 0 fully saturated rings. The Hall–Kier alpha value is -2.85. The summed E-state index contributed by atoms with van der Waals surface area (Å²) in [4.78, 5) is 23.8. The van der Waals surface area contributed by atoms with Crippen molar-refractivity contribution in [3.8, 4) is 0 Å². The number of hydrogen-bond acceptors (Lipinski definition) is 3. The predicted octanol–water partition coefficient (Wildman–Crippen LogP) is 3.90. The van der Waals surface area contributed by atoms with Crippen molar-refractivity contribution in [2.75, 3.05) is 6.61 Å². The van der Waals surface area contributed by atoms with Crippen LogP contribution in [0, 0.1) is 0 Å². The van der Waals surface area contributed by atoms with Crippen LogP contribution in [0.5, 0.6) is 0 Å². The zero-order chi connectivity index (χ0) is 18.4. The highest BCUT2D eigenvalue weighted by Crippen LogP contribution is 2.16. The Morgan fingerprint density at radius 1 is 0.923 bits per heavy atom. The van der Waals surface area contributed by atoms with Crippen molar-refractivity contribution in [1.82, 2.24) is 5.32 Å². The van der Waals surface area contributed by atoms with E-state index in [4.69, 9.17) is 16.3 Å². The largest absolute Gasteiger partial charge is 0.455 e. The molecule has 0 aliphatic carbocycles. The van der Waals surface area contributed by atoms with Gasteiger partial charge in [-0.05, 0) is 28.0 Å². The third-order valence-corrected chi connectivity index (χ3v) is 4.33. The molecule has 1 N–H and O–H groups in total. The number of rotatable bonds is 6. The molecular formula is C21H18ClNO3. The summed E-state index contributed by atoms with van der Waals surface area (Å²) in [7, 11) is 0. The highest BCUT2D eigenvalue weighted by molar-refractivity contribution is 6.31. The fraction of sp³-hybridized carbons (Fsp3) is 0.143. The third kappa shape index (κ3) is 4.83. The Morgan fingerprint density at radius 2 is 1.65 bits per heavy atom. The number of ether oxygens (including phenoxy) is 1. The van der Waals surface area contributed by atoms with Crippen molar-refractivity contribution in [3.63, 3.8) is 0 Å². The lowest BCUT2D eigenvalue weighted by molar-refractivity contribution is -0.147. The first kappa shape index (κ1) is 18.0. The molecule has 0 spiro atoms. The number of amides is 1. The first-order valence-electron chi connectivity index (χ1n) is 8.25. The number of nitrogens with one attached hydrogen (secondary N) is 1. The molecule has 0 saturated heterocycles. The van der Waals surface area contributed by atoms with Crippen molar-refractivity contribution < 1.29 is 14.3 Å². The molecule has 0 radical (unpaired) electrons. The summed E-state index contributed by atoms with van der Waals surface area (Å²) in [5.74, 6) is -0.801. The van der Waals surface area contributed by atoms with Crippen molar-refractivity contribution in [2.45, 2.75) is 13.0 Å². The summed E-state index contributed by atoms with van der Waals surface area (Å²) >= 11 is 6.03. The standard InChI is InChI=1S/C21H18ClNO3/c22-19-8-4-3-7-18(19)13-23-20(24)14-26-21(25)12-15-9-10-16-5-1-2-6-17(16)11-15/h1-11H,12-14H2,(H,23,24). The summed E-state index contributed by atoms with van der Waals surface area (Å²) < 4.78 is 5.05. The molecule has 1 amide bonds. The molecule has 3 aromatic carbocycles. The van der Waals surface area contributed by atoms with Gasteiger partial charge in [-0.15, -0.1) is 0 Å². The number of carbonyl (C=O) groups excluding carboxylic acids is 2. The molecule has 132 valence electrons. The molecule has 0 heterocycles. The van der Waals surface area contributed by atoms with Gasteiger partial charge in [0.1, 0.15) is 0 Å². The Bertz CT molecular complexity index is 939. The van der Waals surface area contributed by atoms with Gasteiger partial charge in [-0.25, -0.2) is 0 Å². The molecule has 0 saturated carbocycles. The Morgan fingerprint density at radius 3 is 2.46 bits per heavy atom. The van der Waals surface area contributed by atoms with Gasteiger partial charge in [-0.3, -0.25) is 9.59 Å². The van der Waals surface area contributed by atoms with Crippen LogP contribution in [0.1, 0.15) is 11.1 Å². The molecule has 0 unspecified atom stereocenters. The molecular weight excluding hydrogens is 350 g/mol. The van der Waals surface area contributed by atoms with Crippen LogP contribution in [0.25, 0.3) is 10.8 Å². The van der Waals surface area contributed by atoms with E-state index in [9.17, 15) is 9.59 Å². The molecule has 0 aliphatic heterocycles. The van der Waals surface area contributed by atoms with E-state index in [1.165, 1.54) is 0 Å². The Balaban J connectivity index is 1.47. The van der Waals surface area contributed by atoms with Gasteiger partial charge in [0.2, 0.25) is 0 Å². The van der Waals surface area contributed by atoms with Gasteiger partial charge in [0.15, 0.2) is 6.61 Å². The maximum Gasteiger partial charge on any atom is 0.310 e. The van der Waals surface area contributed by atoms with Crippen molar-refractivity contribution >= 4 is 34.2 Å². The van der Waals surface area contributed by atoms with E-state index >= 15 is 0 Å². The zero-order valence-electron chi connectivity index (χ0n) is 14.1. The summed E-state index contributed by atoms with van der Waals surface area (Å²) in [6, 6.07) is 21.0. The minimum atomic E-state index is -0.437. The fourth-order valence-corrected chi connectivity index (χ4v) is 2.80. The lowest BCUT2D eigenvalue weighted by Crippen LogP contribution is -2.28. The number of benzene rings is 3. The number of fused-ring (bicyclic) bond motifs is 1. The van der Waals surface area contributed by atoms with Gasteiger partial charge in [0.25, 0.3) is 5.91 Å². The molecule has 3 rings (SSSR count). The summed E-state index contributed by atoms with van der Waals surface area (Å²) in [5.41, 5.74) is 1.66. The lowest BCUT2D eigenvalue weighted by Gasteiger charge is -2.08. The van der Waals surface area contributed by atoms with Crippen LogP contribution < -0.4 is 5.32 Å². The lowest BCUT2D eigenvalue weighted by atomic mass is 10.1. The molecule has 0 aromatic heterocycles. The van der Waals surface area contributed by atoms with Crippen molar-refractivity contribution in [1.29, 1.82) is 0 Å². The van der Waals surface area contributed by atoms with Gasteiger partial charge >= 0.3 is 5.97 Å². The number of esters is 1. The number of hydrogen-bond donors (Lipinski definition) is 1. The summed E-state index contributed by atoms with van der Waals surface area (Å²) in [6.45, 7) is -0.0163. The fourth-order valence-electron chi connectivity index (χ4n) is 2.60. The molecule has 0 bridgehead atoms. The second-order valence-corrected chi connectivity index (χ2v) is 6.29.